The van der Waals surface area contributed by atoms with Gasteiger partial charge in [-0.15, -0.1) is 0 Å². The Kier molecular flexibility index (Phi) is 8.29. The average molecular weight is 580 g/mol. The molecule has 2 aliphatic carbocycles. The van der Waals surface area contributed by atoms with Crippen molar-refractivity contribution in [2.24, 2.45) is 23.5 Å². The summed E-state index contributed by atoms with van der Waals surface area (Å²) in [5.41, 5.74) is 6.58. The Morgan fingerprint density at radius 2 is 2.10 bits per heavy atom. The van der Waals surface area contributed by atoms with Crippen molar-refractivity contribution in [3.63, 3.8) is 0 Å². The maximum Gasteiger partial charge on any atom is 0.273 e. The number of non-ortho nitro benzene ring substituents is 1. The van der Waals surface area contributed by atoms with Gasteiger partial charge in [-0.2, -0.15) is 16.7 Å². The number of nitrogens with zero attached hydrogens (tertiary/aromatic N) is 5. The number of carbonyl (C=O) groups is 1. The number of ether oxygens (including phenoxy) is 1. The van der Waals surface area contributed by atoms with E-state index >= 15 is 0 Å². The second-order valence-electron chi connectivity index (χ2n) is 10.3. The number of benzene rings is 1. The topological polar surface area (TPSA) is 140 Å². The van der Waals surface area contributed by atoms with Crippen molar-refractivity contribution in [2.75, 3.05) is 55.8 Å². The van der Waals surface area contributed by atoms with Gasteiger partial charge in [-0.1, -0.05) is 0 Å². The number of fused-ring (bicyclic) bond motifs is 2. The third-order valence-corrected chi connectivity index (χ3v) is 9.52. The summed E-state index contributed by atoms with van der Waals surface area (Å²) in [7, 11) is 2.07. The fraction of sp³-hybridized carbons (Fsp3) is 0.560. The van der Waals surface area contributed by atoms with Gasteiger partial charge in [-0.25, -0.2) is 9.37 Å². The number of primary amides is 1. The van der Waals surface area contributed by atoms with Gasteiger partial charge in [0, 0.05) is 49.3 Å². The smallest absolute Gasteiger partial charge is 0.273 e. The first-order valence-corrected chi connectivity index (χ1v) is 14.3. The van der Waals surface area contributed by atoms with Gasteiger partial charge in [-0.05, 0) is 49.4 Å². The number of piperazine rings is 1. The lowest BCUT2D eigenvalue weighted by Crippen LogP contribution is -2.46. The average Bonchev–Trinajstić information content (AvgIpc) is 3.47. The van der Waals surface area contributed by atoms with E-state index in [1.807, 2.05) is 0 Å². The highest BCUT2D eigenvalue weighted by molar-refractivity contribution is 7.99. The molecule has 2 saturated carbocycles. The number of anilines is 2. The van der Waals surface area contributed by atoms with Crippen molar-refractivity contribution >= 4 is 46.5 Å². The number of carbonyl (C=O) groups excluding carboxylic acids is 1. The van der Waals surface area contributed by atoms with Crippen molar-refractivity contribution in [3.8, 4) is 5.75 Å². The molecule has 39 heavy (non-hydrogen) atoms. The molecular weight excluding hydrogens is 549 g/mol. The first kappa shape index (κ1) is 27.7. The third-order valence-electron chi connectivity index (χ3n) is 7.96. The van der Waals surface area contributed by atoms with Crippen LogP contribution in [0.15, 0.2) is 24.4 Å². The van der Waals surface area contributed by atoms with Crippen LogP contribution in [-0.4, -0.2) is 82.6 Å². The monoisotopic (exact) mass is 579 g/mol. The minimum atomic E-state index is -0.642. The van der Waals surface area contributed by atoms with Crippen LogP contribution in [0.3, 0.4) is 0 Å². The summed E-state index contributed by atoms with van der Waals surface area (Å²) in [5.74, 6) is -0.160. The first-order valence-electron chi connectivity index (χ1n) is 12.9. The Morgan fingerprint density at radius 3 is 2.82 bits per heavy atom. The summed E-state index contributed by atoms with van der Waals surface area (Å²) in [5, 5.41) is 14.6. The minimum absolute atomic E-state index is 0.00731. The zero-order valence-electron chi connectivity index (χ0n) is 21.5. The molecular formula is C25H31ClFN7O4S. The van der Waals surface area contributed by atoms with Crippen molar-refractivity contribution in [1.29, 1.82) is 0 Å². The number of nitrogens with two attached hydrogens (primary N) is 1. The zero-order valence-corrected chi connectivity index (χ0v) is 23.0. The number of halogens is 2. The van der Waals surface area contributed by atoms with E-state index in [4.69, 9.17) is 22.1 Å². The number of likely N-dealkylation sites (N-methyl/N-ethyl adjacent to an activating group) is 1. The summed E-state index contributed by atoms with van der Waals surface area (Å²) < 4.78 is 20.4. The maximum atomic E-state index is 14.3. The number of hydrogen-bond donors (Lipinski definition) is 2. The highest BCUT2D eigenvalue weighted by atomic mass is 35.5. The molecule has 5 atom stereocenters. The van der Waals surface area contributed by atoms with Crippen LogP contribution in [0.5, 0.6) is 5.75 Å². The molecule has 3 aliphatic rings. The maximum absolute atomic E-state index is 14.3. The number of thioether (sulfide) groups is 1. The van der Waals surface area contributed by atoms with Crippen LogP contribution in [0.1, 0.15) is 12.8 Å². The van der Waals surface area contributed by atoms with Gasteiger partial charge < -0.3 is 25.6 Å². The Morgan fingerprint density at radius 1 is 1.33 bits per heavy atom. The molecule has 2 heterocycles. The standard InChI is InChI=1S/C25H31ClFN7O4S/c1-32-4-6-33(7-5-32)18-3-2-15(34(36)37)12-19(18)38-8-9-39-20-11-14-10-16(20)22(21(14)23(28)35)30-24-17(27)13-29-25(26)31-24/h2-3,12-14,16,20-22H,4-11H2,1H3,(H2,28,35)(H,29,30,31)/t14-,16-,20-,21+,22-/m1/s1. The lowest BCUT2D eigenvalue weighted by Gasteiger charge is -2.35. The van der Waals surface area contributed by atoms with Gasteiger partial charge in [-0.3, -0.25) is 14.9 Å². The van der Waals surface area contributed by atoms with Gasteiger partial charge in [0.1, 0.15) is 5.75 Å². The van der Waals surface area contributed by atoms with Crippen LogP contribution in [0, 0.1) is 33.7 Å². The SMILES string of the molecule is CN1CCN(c2ccc([N+](=O)[O-])cc2OCCS[C@@H]2C[C@H]3C[C@H]2[C@@H](Nc2nc(Cl)ncc2F)[C@H]3C(N)=O)CC1. The third kappa shape index (κ3) is 5.99. The number of aromatic nitrogens is 2. The number of amides is 1. The second kappa shape index (κ2) is 11.7. The van der Waals surface area contributed by atoms with Crippen LogP contribution < -0.4 is 20.7 Å². The predicted octanol–water partition coefficient (Wildman–Crippen LogP) is 3.03. The normalized spacial score (nSPS) is 26.5. The van der Waals surface area contributed by atoms with E-state index < -0.39 is 22.6 Å². The largest absolute Gasteiger partial charge is 0.490 e. The van der Waals surface area contributed by atoms with Gasteiger partial charge in [0.2, 0.25) is 11.2 Å². The lowest BCUT2D eigenvalue weighted by molar-refractivity contribution is -0.384. The molecule has 11 nitrogen and oxygen atoms in total. The number of nitrogens with one attached hydrogen (secondary N) is 1. The van der Waals surface area contributed by atoms with Gasteiger partial charge in [0.05, 0.1) is 35.4 Å². The molecule has 14 heteroatoms. The molecule has 3 fully saturated rings. The van der Waals surface area contributed by atoms with E-state index in [2.05, 4.69) is 32.1 Å². The Labute approximate surface area is 234 Å². The molecule has 1 amide bonds. The molecule has 2 aromatic rings. The van der Waals surface area contributed by atoms with E-state index in [0.29, 0.717) is 18.1 Å². The minimum Gasteiger partial charge on any atom is -0.490 e. The van der Waals surface area contributed by atoms with Gasteiger partial charge in [0.15, 0.2) is 11.6 Å². The molecule has 0 radical (unpaired) electrons. The highest BCUT2D eigenvalue weighted by Gasteiger charge is 2.55. The fourth-order valence-corrected chi connectivity index (χ4v) is 7.62. The zero-order chi connectivity index (χ0) is 27.7. The Bertz CT molecular complexity index is 1230. The predicted molar refractivity (Wildman–Crippen MR) is 148 cm³/mol. The summed E-state index contributed by atoms with van der Waals surface area (Å²) >= 11 is 7.59. The molecule has 0 unspecified atom stereocenters. The molecule has 5 rings (SSSR count). The molecule has 1 saturated heterocycles. The second-order valence-corrected chi connectivity index (χ2v) is 12.0. The molecule has 2 bridgehead atoms. The first-order chi connectivity index (χ1) is 18.7. The molecule has 3 N–H and O–H groups in total. The molecule has 1 aromatic carbocycles. The number of nitro benzene ring substituents is 1. The van der Waals surface area contributed by atoms with Crippen LogP contribution in [-0.2, 0) is 4.79 Å². The van der Waals surface area contributed by atoms with E-state index in [9.17, 15) is 19.3 Å². The summed E-state index contributed by atoms with van der Waals surface area (Å²) in [4.78, 5) is 35.3. The number of nitro groups is 1. The molecule has 1 aromatic heterocycles. The van der Waals surface area contributed by atoms with E-state index in [1.54, 1.807) is 17.8 Å². The van der Waals surface area contributed by atoms with E-state index in [1.165, 1.54) is 12.1 Å². The Balaban J connectivity index is 1.22. The van der Waals surface area contributed by atoms with Gasteiger partial charge >= 0.3 is 0 Å². The van der Waals surface area contributed by atoms with Crippen molar-refractivity contribution in [2.45, 2.75) is 24.1 Å². The van der Waals surface area contributed by atoms with Gasteiger partial charge in [0.25, 0.3) is 5.69 Å². The van der Waals surface area contributed by atoms with Crippen LogP contribution in [0.2, 0.25) is 5.28 Å². The van der Waals surface area contributed by atoms with Crippen molar-refractivity contribution in [3.05, 3.63) is 45.6 Å². The van der Waals surface area contributed by atoms with Crippen LogP contribution >= 0.6 is 23.4 Å². The molecule has 0 spiro atoms. The highest BCUT2D eigenvalue weighted by Crippen LogP contribution is 2.53. The fourth-order valence-electron chi connectivity index (χ4n) is 6.10. The number of rotatable bonds is 10. The Hall–Kier alpha value is -2.90. The molecule has 210 valence electrons. The quantitative estimate of drug-likeness (QED) is 0.187. The summed E-state index contributed by atoms with van der Waals surface area (Å²) in [6.07, 6.45) is 2.64. The lowest BCUT2D eigenvalue weighted by atomic mass is 9.83. The van der Waals surface area contributed by atoms with Crippen LogP contribution in [0.25, 0.3) is 0 Å². The van der Waals surface area contributed by atoms with E-state index in [-0.39, 0.29) is 39.9 Å². The summed E-state index contributed by atoms with van der Waals surface area (Å²) in [6.45, 7) is 3.82. The van der Waals surface area contributed by atoms with E-state index in [0.717, 1.165) is 50.9 Å². The summed E-state index contributed by atoms with van der Waals surface area (Å²) in [6, 6.07) is 4.41. The van der Waals surface area contributed by atoms with Crippen molar-refractivity contribution in [1.82, 2.24) is 14.9 Å². The molecule has 1 aliphatic heterocycles. The van der Waals surface area contributed by atoms with Crippen molar-refractivity contribution < 1.29 is 18.8 Å². The van der Waals surface area contributed by atoms with Crippen LogP contribution in [0.4, 0.5) is 21.6 Å². The number of hydrogen-bond acceptors (Lipinski definition) is 10.